The Balaban J connectivity index is 1.31. The molecule has 1 saturated heterocycles. The third kappa shape index (κ3) is 5.72. The average molecular weight is 674 g/mol. The number of nitrogens with zero attached hydrogens (tertiary/aromatic N) is 1. The van der Waals surface area contributed by atoms with Crippen molar-refractivity contribution in [1.82, 2.24) is 4.90 Å². The van der Waals surface area contributed by atoms with E-state index in [0.717, 1.165) is 11.1 Å². The monoisotopic (exact) mass is 673 g/mol. The number of methoxy groups -OCH3 is 3. The van der Waals surface area contributed by atoms with Crippen LogP contribution in [0.3, 0.4) is 0 Å². The molecule has 0 bridgehead atoms. The molecule has 3 aromatic rings. The summed E-state index contributed by atoms with van der Waals surface area (Å²) in [5, 5.41) is 0. The molecule has 7 rings (SSSR count). The van der Waals surface area contributed by atoms with Gasteiger partial charge in [-0.3, -0.25) is 9.69 Å². The number of carbonyl (C=O) groups is 3. The number of amides is 1. The second-order valence-corrected chi connectivity index (χ2v) is 13.5. The Labute approximate surface area is 284 Å². The molecular weight excluding hydrogens is 634 g/mol. The van der Waals surface area contributed by atoms with E-state index in [-0.39, 0.29) is 26.4 Å². The van der Waals surface area contributed by atoms with Crippen molar-refractivity contribution in [2.24, 2.45) is 11.8 Å². The van der Waals surface area contributed by atoms with Crippen molar-refractivity contribution in [1.29, 1.82) is 0 Å². The largest absolute Gasteiger partial charge is 0.493 e. The Kier molecular flexibility index (Phi) is 8.20. The van der Waals surface area contributed by atoms with E-state index >= 15 is 0 Å². The quantitative estimate of drug-likeness (QED) is 0.249. The number of rotatable bonds is 6. The molecule has 1 aliphatic carbocycles. The molecule has 49 heavy (non-hydrogen) atoms. The second kappa shape index (κ2) is 12.4. The number of benzene rings is 3. The number of fused-ring (bicyclic) bond motifs is 4. The van der Waals surface area contributed by atoms with Crippen molar-refractivity contribution in [2.75, 3.05) is 34.7 Å². The lowest BCUT2D eigenvalue weighted by Crippen LogP contribution is -2.51. The highest BCUT2D eigenvalue weighted by Crippen LogP contribution is 2.56. The van der Waals surface area contributed by atoms with E-state index in [2.05, 4.69) is 0 Å². The third-order valence-electron chi connectivity index (χ3n) is 9.56. The van der Waals surface area contributed by atoms with Crippen molar-refractivity contribution in [2.45, 2.75) is 57.4 Å². The summed E-state index contributed by atoms with van der Waals surface area (Å²) in [6, 6.07) is 14.0. The maximum Gasteiger partial charge on any atom is 0.411 e. The predicted molar refractivity (Wildman–Crippen MR) is 173 cm³/mol. The molecule has 258 valence electrons. The van der Waals surface area contributed by atoms with Gasteiger partial charge in [0, 0.05) is 23.8 Å². The van der Waals surface area contributed by atoms with Crippen LogP contribution < -0.4 is 23.7 Å². The lowest BCUT2D eigenvalue weighted by Gasteiger charge is -2.41. The molecule has 5 atom stereocenters. The highest BCUT2D eigenvalue weighted by atomic mass is 16.7. The molecule has 4 aliphatic rings. The first-order chi connectivity index (χ1) is 23.5. The van der Waals surface area contributed by atoms with E-state index in [1.807, 2.05) is 42.5 Å². The van der Waals surface area contributed by atoms with Crippen molar-refractivity contribution in [3.8, 4) is 28.7 Å². The van der Waals surface area contributed by atoms with Gasteiger partial charge in [0.05, 0.1) is 40.4 Å². The summed E-state index contributed by atoms with van der Waals surface area (Å²) < 4.78 is 46.2. The molecular formula is C37H39NO11. The molecule has 3 aromatic carbocycles. The van der Waals surface area contributed by atoms with Crippen LogP contribution in [0.2, 0.25) is 0 Å². The average Bonchev–Trinajstić information content (AvgIpc) is 3.71. The molecule has 1 amide bonds. The zero-order valence-electron chi connectivity index (χ0n) is 28.3. The van der Waals surface area contributed by atoms with Gasteiger partial charge >= 0.3 is 18.0 Å². The first kappa shape index (κ1) is 32.4. The summed E-state index contributed by atoms with van der Waals surface area (Å²) >= 11 is 0. The maximum atomic E-state index is 14.4. The number of esters is 2. The zero-order valence-corrected chi connectivity index (χ0v) is 28.3. The molecule has 1 fully saturated rings. The molecule has 12 heteroatoms. The lowest BCUT2D eigenvalue weighted by molar-refractivity contribution is -0.161. The third-order valence-corrected chi connectivity index (χ3v) is 9.56. The van der Waals surface area contributed by atoms with E-state index in [1.165, 1.54) is 26.2 Å². The fourth-order valence-corrected chi connectivity index (χ4v) is 7.39. The molecule has 0 radical (unpaired) electrons. The van der Waals surface area contributed by atoms with E-state index in [9.17, 15) is 14.4 Å². The van der Waals surface area contributed by atoms with Crippen LogP contribution in [0.15, 0.2) is 48.5 Å². The molecule has 3 aliphatic heterocycles. The first-order valence-corrected chi connectivity index (χ1v) is 16.2. The summed E-state index contributed by atoms with van der Waals surface area (Å²) in [6.45, 7) is 5.57. The minimum Gasteiger partial charge on any atom is -0.493 e. The van der Waals surface area contributed by atoms with Crippen molar-refractivity contribution < 1.29 is 52.3 Å². The maximum absolute atomic E-state index is 14.4. The summed E-state index contributed by atoms with van der Waals surface area (Å²) in [4.78, 5) is 42.9. The second-order valence-electron chi connectivity index (χ2n) is 13.5. The highest BCUT2D eigenvalue weighted by molar-refractivity contribution is 5.84. The molecule has 3 heterocycles. The summed E-state index contributed by atoms with van der Waals surface area (Å²) in [5.41, 5.74) is 3.16. The molecule has 12 nitrogen and oxygen atoms in total. The van der Waals surface area contributed by atoms with E-state index in [1.54, 1.807) is 26.8 Å². The Morgan fingerprint density at radius 2 is 1.51 bits per heavy atom. The molecule has 0 spiro atoms. The van der Waals surface area contributed by atoms with Gasteiger partial charge in [0.1, 0.15) is 17.7 Å². The first-order valence-electron chi connectivity index (χ1n) is 16.2. The van der Waals surface area contributed by atoms with Gasteiger partial charge in [0.25, 0.3) is 0 Å². The molecule has 0 aromatic heterocycles. The normalized spacial score (nSPS) is 23.4. The Bertz CT molecular complexity index is 1790. The van der Waals surface area contributed by atoms with Gasteiger partial charge in [-0.2, -0.15) is 0 Å². The zero-order chi connectivity index (χ0) is 34.6. The van der Waals surface area contributed by atoms with Gasteiger partial charge in [-0.1, -0.05) is 24.3 Å². The Morgan fingerprint density at radius 1 is 0.857 bits per heavy atom. The van der Waals surface area contributed by atoms with Crippen LogP contribution in [-0.2, 0) is 36.8 Å². The van der Waals surface area contributed by atoms with Gasteiger partial charge in [-0.15, -0.1) is 0 Å². The van der Waals surface area contributed by atoms with Gasteiger partial charge in [0.2, 0.25) is 12.5 Å². The van der Waals surface area contributed by atoms with Gasteiger partial charge in [-0.25, -0.2) is 9.59 Å². The van der Waals surface area contributed by atoms with Crippen LogP contribution in [-0.4, -0.2) is 69.3 Å². The van der Waals surface area contributed by atoms with Gasteiger partial charge in [0.15, 0.2) is 23.0 Å². The molecule has 0 N–H and O–H groups in total. The van der Waals surface area contributed by atoms with Crippen LogP contribution in [0.25, 0.3) is 0 Å². The van der Waals surface area contributed by atoms with Crippen LogP contribution in [0, 0.1) is 11.8 Å². The number of ether oxygens (including phenoxy) is 8. The summed E-state index contributed by atoms with van der Waals surface area (Å²) in [7, 11) is 4.58. The van der Waals surface area contributed by atoms with Crippen molar-refractivity contribution in [3.63, 3.8) is 0 Å². The Hall–Kier alpha value is -5.13. The molecule has 0 saturated carbocycles. The number of hydrogen-bond donors (Lipinski definition) is 0. The SMILES string of the molecule is COc1cc([C@@H]2c3cc4c(cc3[C@H](OC(=O)C3Cc5ccccc5CN3C(=O)OC(C)(C)C)C3COC(=O)[C@@H]32)OCO4)cc(OC)c1OC. The summed E-state index contributed by atoms with van der Waals surface area (Å²) in [5.74, 6) is -0.606. The van der Waals surface area contributed by atoms with E-state index < -0.39 is 53.5 Å². The van der Waals surface area contributed by atoms with E-state index in [0.29, 0.717) is 45.4 Å². The number of hydrogen-bond acceptors (Lipinski definition) is 11. The minimum atomic E-state index is -0.966. The van der Waals surface area contributed by atoms with Crippen molar-refractivity contribution >= 4 is 18.0 Å². The number of cyclic esters (lactones) is 1. The van der Waals surface area contributed by atoms with Crippen molar-refractivity contribution in [3.05, 3.63) is 76.3 Å². The highest BCUT2D eigenvalue weighted by Gasteiger charge is 2.55. The lowest BCUT2D eigenvalue weighted by atomic mass is 9.66. The van der Waals surface area contributed by atoms with Crippen LogP contribution in [0.4, 0.5) is 4.79 Å². The summed E-state index contributed by atoms with van der Waals surface area (Å²) in [6.07, 6.45) is -1.27. The van der Waals surface area contributed by atoms with Crippen LogP contribution in [0.1, 0.15) is 60.6 Å². The van der Waals surface area contributed by atoms with Gasteiger partial charge < -0.3 is 37.9 Å². The number of carbonyl (C=O) groups excluding carboxylic acids is 3. The van der Waals surface area contributed by atoms with Gasteiger partial charge in [-0.05, 0) is 67.3 Å². The fourth-order valence-electron chi connectivity index (χ4n) is 7.39. The smallest absolute Gasteiger partial charge is 0.411 e. The fraction of sp³-hybridized carbons (Fsp3) is 0.432. The topological polar surface area (TPSA) is 128 Å². The van der Waals surface area contributed by atoms with Crippen LogP contribution >= 0.6 is 0 Å². The Morgan fingerprint density at radius 3 is 2.14 bits per heavy atom. The molecule has 2 unspecified atom stereocenters. The van der Waals surface area contributed by atoms with E-state index in [4.69, 9.17) is 37.9 Å². The van der Waals surface area contributed by atoms with Crippen LogP contribution in [0.5, 0.6) is 28.7 Å². The predicted octanol–water partition coefficient (Wildman–Crippen LogP) is 5.32. The standard InChI is InChI=1S/C37H39NO11/c1-37(2,3)49-36(41)38-16-20-10-8-7-9-19(20)11-25(38)34(39)48-32-23-15-27-26(46-18-47-27)14-22(23)30(31-24(32)17-45-35(31)40)21-12-28(42-4)33(44-6)29(13-21)43-5/h7-10,12-15,24-25,30-32H,11,16-18H2,1-6H3/t24?,25?,30-,31+,32+/m1/s1. The minimum absolute atomic E-state index is 0.0265.